The van der Waals surface area contributed by atoms with E-state index in [4.69, 9.17) is 4.98 Å². The van der Waals surface area contributed by atoms with E-state index >= 15 is 0 Å². The maximum absolute atomic E-state index is 13.0. The topological polar surface area (TPSA) is 55.2 Å². The van der Waals surface area contributed by atoms with Crippen LogP contribution in [0.5, 0.6) is 0 Å². The SMILES string of the molecule is CCCCC(CC)C(=O)N(C)C(CC)c1nc2ccccc2c(=O)n1C. The fourth-order valence-electron chi connectivity index (χ4n) is 3.56. The average molecular weight is 357 g/mol. The van der Waals surface area contributed by atoms with Crippen molar-refractivity contribution in [2.45, 2.75) is 58.9 Å². The van der Waals surface area contributed by atoms with Gasteiger partial charge in [0.1, 0.15) is 5.82 Å². The van der Waals surface area contributed by atoms with Crippen molar-refractivity contribution >= 4 is 16.8 Å². The molecule has 0 spiro atoms. The number of carbonyl (C=O) groups excluding carboxylic acids is 1. The minimum atomic E-state index is -0.208. The number of hydrogen-bond acceptors (Lipinski definition) is 3. The number of rotatable bonds is 8. The molecule has 1 aromatic heterocycles. The Morgan fingerprint density at radius 3 is 2.50 bits per heavy atom. The lowest BCUT2D eigenvalue weighted by atomic mass is 9.97. The standard InChI is InChI=1S/C21H31N3O2/c1-6-9-12-15(7-2)20(25)23(4)18(8-3)19-22-17-14-11-10-13-16(17)21(26)24(19)5/h10-11,13-15,18H,6-9,12H2,1-5H3. The maximum Gasteiger partial charge on any atom is 0.261 e. The molecule has 142 valence electrons. The van der Waals surface area contributed by atoms with Crippen molar-refractivity contribution < 1.29 is 4.79 Å². The largest absolute Gasteiger partial charge is 0.335 e. The molecular weight excluding hydrogens is 326 g/mol. The third kappa shape index (κ3) is 3.97. The molecule has 0 N–H and O–H groups in total. The van der Waals surface area contributed by atoms with Gasteiger partial charge in [0.05, 0.1) is 16.9 Å². The van der Waals surface area contributed by atoms with E-state index in [1.807, 2.05) is 32.2 Å². The van der Waals surface area contributed by atoms with Crippen molar-refractivity contribution in [3.8, 4) is 0 Å². The summed E-state index contributed by atoms with van der Waals surface area (Å²) >= 11 is 0. The fourth-order valence-corrected chi connectivity index (χ4v) is 3.56. The summed E-state index contributed by atoms with van der Waals surface area (Å²) in [5.74, 6) is 0.832. The Morgan fingerprint density at radius 2 is 1.88 bits per heavy atom. The van der Waals surface area contributed by atoms with E-state index in [9.17, 15) is 9.59 Å². The predicted molar refractivity (Wildman–Crippen MR) is 106 cm³/mol. The summed E-state index contributed by atoms with van der Waals surface area (Å²) in [6.45, 7) is 6.24. The first-order valence-corrected chi connectivity index (χ1v) is 9.68. The van der Waals surface area contributed by atoms with Crippen molar-refractivity contribution in [2.24, 2.45) is 13.0 Å². The van der Waals surface area contributed by atoms with E-state index in [0.717, 1.165) is 25.7 Å². The molecule has 26 heavy (non-hydrogen) atoms. The van der Waals surface area contributed by atoms with Gasteiger partial charge in [-0.05, 0) is 31.4 Å². The predicted octanol–water partition coefficient (Wildman–Crippen LogP) is 4.06. The quantitative estimate of drug-likeness (QED) is 0.716. The molecular formula is C21H31N3O2. The number of para-hydroxylation sites is 1. The van der Waals surface area contributed by atoms with Crippen LogP contribution in [0.2, 0.25) is 0 Å². The molecule has 2 atom stereocenters. The van der Waals surface area contributed by atoms with Gasteiger partial charge in [-0.3, -0.25) is 14.2 Å². The van der Waals surface area contributed by atoms with E-state index in [0.29, 0.717) is 23.1 Å². The highest BCUT2D eigenvalue weighted by molar-refractivity contribution is 5.79. The Bertz CT molecular complexity index is 812. The third-order valence-corrected chi connectivity index (χ3v) is 5.27. The van der Waals surface area contributed by atoms with Gasteiger partial charge >= 0.3 is 0 Å². The Morgan fingerprint density at radius 1 is 1.19 bits per heavy atom. The van der Waals surface area contributed by atoms with Gasteiger partial charge in [-0.2, -0.15) is 0 Å². The second-order valence-electron chi connectivity index (χ2n) is 6.97. The van der Waals surface area contributed by atoms with Gasteiger partial charge in [0.15, 0.2) is 0 Å². The second-order valence-corrected chi connectivity index (χ2v) is 6.97. The Balaban J connectivity index is 2.41. The molecule has 0 aliphatic heterocycles. The highest BCUT2D eigenvalue weighted by atomic mass is 16.2. The Kier molecular flexibility index (Phi) is 6.95. The minimum absolute atomic E-state index is 0.0338. The molecule has 0 radical (unpaired) electrons. The fraction of sp³-hybridized carbons (Fsp3) is 0.571. The van der Waals surface area contributed by atoms with Crippen LogP contribution >= 0.6 is 0 Å². The van der Waals surface area contributed by atoms with Gasteiger partial charge in [0.2, 0.25) is 5.91 Å². The summed E-state index contributed by atoms with van der Waals surface area (Å²) in [5.41, 5.74) is 0.617. The van der Waals surface area contributed by atoms with Crippen LogP contribution in [0.3, 0.4) is 0 Å². The minimum Gasteiger partial charge on any atom is -0.335 e. The first-order valence-electron chi connectivity index (χ1n) is 9.68. The van der Waals surface area contributed by atoms with Gasteiger partial charge in [-0.1, -0.05) is 45.7 Å². The molecule has 0 saturated heterocycles. The van der Waals surface area contributed by atoms with Crippen molar-refractivity contribution in [1.29, 1.82) is 0 Å². The zero-order valence-electron chi connectivity index (χ0n) is 16.7. The van der Waals surface area contributed by atoms with Crippen LogP contribution in [-0.4, -0.2) is 27.4 Å². The summed E-state index contributed by atoms with van der Waals surface area (Å²) in [7, 11) is 3.58. The number of nitrogens with zero attached hydrogens (tertiary/aromatic N) is 3. The van der Waals surface area contributed by atoms with E-state index in [-0.39, 0.29) is 23.4 Å². The van der Waals surface area contributed by atoms with Crippen LogP contribution in [0.25, 0.3) is 10.9 Å². The van der Waals surface area contributed by atoms with Crippen molar-refractivity contribution in [1.82, 2.24) is 14.5 Å². The highest BCUT2D eigenvalue weighted by Gasteiger charge is 2.28. The highest BCUT2D eigenvalue weighted by Crippen LogP contribution is 2.25. The summed E-state index contributed by atoms with van der Waals surface area (Å²) < 4.78 is 1.59. The van der Waals surface area contributed by atoms with Crippen LogP contribution in [0.1, 0.15) is 64.7 Å². The van der Waals surface area contributed by atoms with E-state index in [2.05, 4.69) is 13.8 Å². The van der Waals surface area contributed by atoms with Gasteiger partial charge in [0.25, 0.3) is 5.56 Å². The molecule has 1 heterocycles. The van der Waals surface area contributed by atoms with Gasteiger partial charge < -0.3 is 4.90 Å². The number of aromatic nitrogens is 2. The first kappa shape index (κ1) is 20.1. The molecule has 1 aromatic carbocycles. The van der Waals surface area contributed by atoms with Crippen molar-refractivity contribution in [3.05, 3.63) is 40.4 Å². The van der Waals surface area contributed by atoms with Gasteiger partial charge in [-0.25, -0.2) is 4.98 Å². The summed E-state index contributed by atoms with van der Waals surface area (Å²) in [4.78, 5) is 32.3. The average Bonchev–Trinajstić information content (AvgIpc) is 2.66. The monoisotopic (exact) mass is 357 g/mol. The molecule has 0 aliphatic carbocycles. The molecule has 0 aliphatic rings. The van der Waals surface area contributed by atoms with Crippen molar-refractivity contribution in [3.63, 3.8) is 0 Å². The molecule has 0 bridgehead atoms. The number of hydrogen-bond donors (Lipinski definition) is 0. The second kappa shape index (κ2) is 8.97. The Labute approximate surface area is 156 Å². The molecule has 5 nitrogen and oxygen atoms in total. The zero-order chi connectivity index (χ0) is 19.3. The lowest BCUT2D eigenvalue weighted by Gasteiger charge is -2.31. The summed E-state index contributed by atoms with van der Waals surface area (Å²) in [6.07, 6.45) is 4.61. The van der Waals surface area contributed by atoms with E-state index < -0.39 is 0 Å². The molecule has 5 heteroatoms. The normalized spacial score (nSPS) is 13.6. The van der Waals surface area contributed by atoms with Crippen LogP contribution in [0.15, 0.2) is 29.1 Å². The molecule has 2 rings (SSSR count). The number of carbonyl (C=O) groups is 1. The van der Waals surface area contributed by atoms with Crippen LogP contribution in [0, 0.1) is 5.92 Å². The molecule has 1 amide bonds. The van der Waals surface area contributed by atoms with E-state index in [1.54, 1.807) is 22.6 Å². The molecule has 2 aromatic rings. The van der Waals surface area contributed by atoms with Crippen molar-refractivity contribution in [2.75, 3.05) is 7.05 Å². The molecule has 2 unspecified atom stereocenters. The third-order valence-electron chi connectivity index (χ3n) is 5.27. The Hall–Kier alpha value is -2.17. The summed E-state index contributed by atoms with van der Waals surface area (Å²) in [5, 5.41) is 0.608. The van der Waals surface area contributed by atoms with E-state index in [1.165, 1.54) is 0 Å². The maximum atomic E-state index is 13.0. The van der Waals surface area contributed by atoms with Gasteiger partial charge in [0, 0.05) is 20.0 Å². The lowest BCUT2D eigenvalue weighted by Crippen LogP contribution is -2.38. The van der Waals surface area contributed by atoms with Gasteiger partial charge in [-0.15, -0.1) is 0 Å². The summed E-state index contributed by atoms with van der Waals surface area (Å²) in [6, 6.07) is 7.16. The zero-order valence-corrected chi connectivity index (χ0v) is 16.7. The number of fused-ring (bicyclic) bond motifs is 1. The number of benzene rings is 1. The lowest BCUT2D eigenvalue weighted by molar-refractivity contribution is -0.137. The molecule has 0 saturated carbocycles. The van der Waals surface area contributed by atoms with Crippen LogP contribution in [0.4, 0.5) is 0 Å². The molecule has 0 fully saturated rings. The number of unbranched alkanes of at least 4 members (excludes halogenated alkanes) is 1. The first-order chi connectivity index (χ1) is 12.5. The smallest absolute Gasteiger partial charge is 0.261 e. The van der Waals surface area contributed by atoms with Crippen LogP contribution < -0.4 is 5.56 Å². The van der Waals surface area contributed by atoms with Crippen LogP contribution in [-0.2, 0) is 11.8 Å². The number of amides is 1.